The van der Waals surface area contributed by atoms with E-state index in [4.69, 9.17) is 10.7 Å². The zero-order valence-electron chi connectivity index (χ0n) is 11.8. The summed E-state index contributed by atoms with van der Waals surface area (Å²) >= 11 is 0. The third-order valence-electron chi connectivity index (χ3n) is 3.83. The first-order chi connectivity index (χ1) is 9.78. The number of hydrogen-bond donors (Lipinski definition) is 1. The second kappa shape index (κ2) is 5.59. The predicted molar refractivity (Wildman–Crippen MR) is 80.5 cm³/mol. The van der Waals surface area contributed by atoms with Gasteiger partial charge in [-0.15, -0.1) is 0 Å². The summed E-state index contributed by atoms with van der Waals surface area (Å²) in [6, 6.07) is 6.28. The van der Waals surface area contributed by atoms with E-state index in [0.29, 0.717) is 6.54 Å². The van der Waals surface area contributed by atoms with Crippen LogP contribution in [0.2, 0.25) is 0 Å². The maximum absolute atomic E-state index is 5.90. The largest absolute Gasteiger partial charge is 0.355 e. The van der Waals surface area contributed by atoms with Gasteiger partial charge in [-0.25, -0.2) is 4.98 Å². The maximum Gasteiger partial charge on any atom is 0.133 e. The smallest absolute Gasteiger partial charge is 0.133 e. The second-order valence-corrected chi connectivity index (χ2v) is 5.35. The number of fused-ring (bicyclic) bond motifs is 1. The van der Waals surface area contributed by atoms with Crippen molar-refractivity contribution < 1.29 is 0 Å². The van der Waals surface area contributed by atoms with Crippen LogP contribution >= 0.6 is 0 Å². The van der Waals surface area contributed by atoms with Crippen molar-refractivity contribution in [2.75, 3.05) is 11.9 Å². The van der Waals surface area contributed by atoms with E-state index in [1.165, 1.54) is 23.2 Å². The Morgan fingerprint density at radius 2 is 2.25 bits per heavy atom. The Morgan fingerprint density at radius 1 is 1.35 bits per heavy atom. The molecule has 4 nitrogen and oxygen atoms in total. The zero-order valence-corrected chi connectivity index (χ0v) is 11.8. The molecule has 104 valence electrons. The number of rotatable bonds is 4. The van der Waals surface area contributed by atoms with Gasteiger partial charge >= 0.3 is 0 Å². The SMILES string of the molecule is CN(Cc1cccnc1)c1nc2c(cc1CN)CCC2. The Morgan fingerprint density at radius 3 is 3.00 bits per heavy atom. The van der Waals surface area contributed by atoms with Crippen molar-refractivity contribution >= 4 is 5.82 Å². The number of pyridine rings is 2. The molecule has 1 aliphatic rings. The third kappa shape index (κ3) is 2.51. The Kier molecular flexibility index (Phi) is 3.65. The maximum atomic E-state index is 5.90. The minimum absolute atomic E-state index is 0.535. The first-order valence-corrected chi connectivity index (χ1v) is 7.09. The second-order valence-electron chi connectivity index (χ2n) is 5.35. The van der Waals surface area contributed by atoms with E-state index in [2.05, 4.69) is 29.1 Å². The highest BCUT2D eigenvalue weighted by molar-refractivity contribution is 5.50. The highest BCUT2D eigenvalue weighted by Gasteiger charge is 2.17. The van der Waals surface area contributed by atoms with Crippen molar-refractivity contribution in [2.24, 2.45) is 5.73 Å². The first-order valence-electron chi connectivity index (χ1n) is 7.09. The van der Waals surface area contributed by atoms with Crippen molar-refractivity contribution in [3.05, 3.63) is 53.0 Å². The van der Waals surface area contributed by atoms with Gasteiger partial charge in [0.15, 0.2) is 0 Å². The van der Waals surface area contributed by atoms with Crippen LogP contribution in [-0.2, 0) is 25.9 Å². The molecule has 2 aromatic rings. The van der Waals surface area contributed by atoms with Crippen molar-refractivity contribution in [3.63, 3.8) is 0 Å². The lowest BCUT2D eigenvalue weighted by atomic mass is 10.1. The third-order valence-corrected chi connectivity index (χ3v) is 3.83. The molecule has 2 N–H and O–H groups in total. The summed E-state index contributed by atoms with van der Waals surface area (Å²) in [6.45, 7) is 1.33. The van der Waals surface area contributed by atoms with Crippen molar-refractivity contribution in [3.8, 4) is 0 Å². The van der Waals surface area contributed by atoms with Crippen LogP contribution in [0.3, 0.4) is 0 Å². The summed E-state index contributed by atoms with van der Waals surface area (Å²) in [6.07, 6.45) is 7.13. The molecule has 0 saturated carbocycles. The molecule has 0 saturated heterocycles. The van der Waals surface area contributed by atoms with Crippen LogP contribution in [0.5, 0.6) is 0 Å². The monoisotopic (exact) mass is 268 g/mol. The van der Waals surface area contributed by atoms with E-state index >= 15 is 0 Å². The van der Waals surface area contributed by atoms with Crippen LogP contribution in [0.1, 0.15) is 28.8 Å². The quantitative estimate of drug-likeness (QED) is 0.922. The van der Waals surface area contributed by atoms with Crippen LogP contribution in [0.4, 0.5) is 5.82 Å². The van der Waals surface area contributed by atoms with Gasteiger partial charge in [0, 0.05) is 43.8 Å². The van der Waals surface area contributed by atoms with Gasteiger partial charge in [0.2, 0.25) is 0 Å². The lowest BCUT2D eigenvalue weighted by Crippen LogP contribution is -2.21. The van der Waals surface area contributed by atoms with Gasteiger partial charge in [0.05, 0.1) is 0 Å². The predicted octanol–water partition coefficient (Wildman–Crippen LogP) is 2.06. The van der Waals surface area contributed by atoms with E-state index in [1.54, 1.807) is 6.20 Å². The number of aryl methyl sites for hydroxylation is 2. The Labute approximate surface area is 119 Å². The fourth-order valence-corrected chi connectivity index (χ4v) is 2.83. The van der Waals surface area contributed by atoms with Crippen LogP contribution < -0.4 is 10.6 Å². The van der Waals surface area contributed by atoms with E-state index in [0.717, 1.165) is 30.8 Å². The van der Waals surface area contributed by atoms with Crippen LogP contribution in [0.15, 0.2) is 30.6 Å². The normalized spacial score (nSPS) is 13.3. The molecule has 0 amide bonds. The molecule has 0 spiro atoms. The summed E-state index contributed by atoms with van der Waals surface area (Å²) in [5.74, 6) is 1.01. The van der Waals surface area contributed by atoms with Crippen LogP contribution in [-0.4, -0.2) is 17.0 Å². The minimum atomic E-state index is 0.535. The molecule has 0 bridgehead atoms. The average Bonchev–Trinajstić information content (AvgIpc) is 2.94. The van der Waals surface area contributed by atoms with Gasteiger partial charge in [-0.2, -0.15) is 0 Å². The topological polar surface area (TPSA) is 55.0 Å². The van der Waals surface area contributed by atoms with Gasteiger partial charge in [-0.05, 0) is 42.5 Å². The molecular formula is C16H20N4. The molecule has 3 rings (SSSR count). The van der Waals surface area contributed by atoms with Gasteiger partial charge in [-0.1, -0.05) is 6.07 Å². The molecule has 20 heavy (non-hydrogen) atoms. The number of hydrogen-bond acceptors (Lipinski definition) is 4. The van der Waals surface area contributed by atoms with E-state index in [1.807, 2.05) is 12.3 Å². The highest BCUT2D eigenvalue weighted by Crippen LogP contribution is 2.27. The standard InChI is InChI=1S/C16H20N4/c1-20(11-12-4-3-7-18-10-12)16-14(9-17)8-13-5-2-6-15(13)19-16/h3-4,7-8,10H,2,5-6,9,11,17H2,1H3. The molecule has 0 fully saturated rings. The van der Waals surface area contributed by atoms with Gasteiger partial charge in [0.1, 0.15) is 5.82 Å². The average molecular weight is 268 g/mol. The molecule has 0 unspecified atom stereocenters. The number of nitrogens with zero attached hydrogens (tertiary/aromatic N) is 3. The Hall–Kier alpha value is -1.94. The van der Waals surface area contributed by atoms with Gasteiger partial charge in [-0.3, -0.25) is 4.98 Å². The molecule has 1 aliphatic carbocycles. The lowest BCUT2D eigenvalue weighted by Gasteiger charge is -2.22. The fraction of sp³-hybridized carbons (Fsp3) is 0.375. The minimum Gasteiger partial charge on any atom is -0.355 e. The molecule has 0 radical (unpaired) electrons. The van der Waals surface area contributed by atoms with Gasteiger partial charge in [0.25, 0.3) is 0 Å². The first kappa shape index (κ1) is 13.1. The zero-order chi connectivity index (χ0) is 13.9. The highest BCUT2D eigenvalue weighted by atomic mass is 15.2. The summed E-state index contributed by atoms with van der Waals surface area (Å²) in [4.78, 5) is 11.2. The van der Waals surface area contributed by atoms with Crippen molar-refractivity contribution in [2.45, 2.75) is 32.4 Å². The van der Waals surface area contributed by atoms with E-state index in [9.17, 15) is 0 Å². The molecule has 2 heterocycles. The molecule has 0 aliphatic heterocycles. The van der Waals surface area contributed by atoms with E-state index in [-0.39, 0.29) is 0 Å². The molecule has 0 atom stereocenters. The summed E-state index contributed by atoms with van der Waals surface area (Å²) in [5, 5.41) is 0. The van der Waals surface area contributed by atoms with Crippen molar-refractivity contribution in [1.29, 1.82) is 0 Å². The molecular weight excluding hydrogens is 248 g/mol. The number of anilines is 1. The van der Waals surface area contributed by atoms with Crippen LogP contribution in [0.25, 0.3) is 0 Å². The van der Waals surface area contributed by atoms with Crippen molar-refractivity contribution in [1.82, 2.24) is 9.97 Å². The summed E-state index contributed by atoms with van der Waals surface area (Å²) in [5.41, 5.74) is 10.8. The Balaban J connectivity index is 1.89. The van der Waals surface area contributed by atoms with Crippen LogP contribution in [0, 0.1) is 0 Å². The number of nitrogens with two attached hydrogens (primary N) is 1. The fourth-order valence-electron chi connectivity index (χ4n) is 2.83. The molecule has 2 aromatic heterocycles. The van der Waals surface area contributed by atoms with E-state index < -0.39 is 0 Å². The summed E-state index contributed by atoms with van der Waals surface area (Å²) in [7, 11) is 2.07. The number of aromatic nitrogens is 2. The lowest BCUT2D eigenvalue weighted by molar-refractivity contribution is 0.855. The molecule has 4 heteroatoms. The summed E-state index contributed by atoms with van der Waals surface area (Å²) < 4.78 is 0. The molecule has 0 aromatic carbocycles. The van der Waals surface area contributed by atoms with Gasteiger partial charge < -0.3 is 10.6 Å². The Bertz CT molecular complexity index is 595.